The molecule has 4 nitrogen and oxygen atoms in total. The minimum Gasteiger partial charge on any atom is -0.395 e. The number of hydrogen-bond donors (Lipinski definition) is 2. The van der Waals surface area contributed by atoms with Crippen molar-refractivity contribution in [2.45, 2.75) is 6.92 Å². The van der Waals surface area contributed by atoms with Crippen molar-refractivity contribution >= 4 is 32.9 Å². The number of benzene rings is 1. The summed E-state index contributed by atoms with van der Waals surface area (Å²) in [4.78, 5) is 4.26. The molecule has 18 heavy (non-hydrogen) atoms. The summed E-state index contributed by atoms with van der Waals surface area (Å²) >= 11 is 1.59. The Morgan fingerprint density at radius 3 is 3.17 bits per heavy atom. The number of nitrogens with zero attached hydrogens (tertiary/aromatic N) is 1. The third-order valence-corrected chi connectivity index (χ3v) is 3.25. The lowest BCUT2D eigenvalue weighted by molar-refractivity contribution is 0.167. The van der Waals surface area contributed by atoms with Gasteiger partial charge in [-0.1, -0.05) is 12.2 Å². The molecule has 96 valence electrons. The molecule has 5 heteroatoms. The number of hydrogen-bond acceptors (Lipinski definition) is 5. The minimum atomic E-state index is 0.599. The molecule has 1 aromatic heterocycles. The second-order valence-corrected chi connectivity index (χ2v) is 5.05. The van der Waals surface area contributed by atoms with E-state index in [0.29, 0.717) is 25.4 Å². The Kier molecular flexibility index (Phi) is 4.17. The molecule has 0 atom stereocenters. The number of nitrogens with two attached hydrogens (primary N) is 1. The van der Waals surface area contributed by atoms with Gasteiger partial charge in [0.25, 0.3) is 0 Å². The van der Waals surface area contributed by atoms with Crippen LogP contribution in [0.3, 0.4) is 0 Å². The topological polar surface area (TPSA) is 60.2 Å². The van der Waals surface area contributed by atoms with Crippen LogP contribution in [0.5, 0.6) is 0 Å². The molecular weight excluding hydrogens is 246 g/mol. The van der Waals surface area contributed by atoms with Crippen LogP contribution in [0.15, 0.2) is 29.8 Å². The first kappa shape index (κ1) is 12.9. The summed E-state index contributed by atoms with van der Waals surface area (Å²) in [6.45, 7) is 7.67. The molecule has 0 aliphatic carbocycles. The van der Waals surface area contributed by atoms with Crippen LogP contribution in [-0.4, -0.2) is 24.7 Å². The van der Waals surface area contributed by atoms with Crippen molar-refractivity contribution in [2.75, 3.05) is 30.8 Å². The number of nitrogens with one attached hydrogen (secondary N) is 1. The van der Waals surface area contributed by atoms with Crippen LogP contribution >= 0.6 is 11.3 Å². The molecule has 0 saturated heterocycles. The normalized spacial score (nSPS) is 10.7. The fourth-order valence-corrected chi connectivity index (χ4v) is 2.30. The highest BCUT2D eigenvalue weighted by atomic mass is 32.1. The van der Waals surface area contributed by atoms with Gasteiger partial charge in [0.2, 0.25) is 0 Å². The number of thiazole rings is 1. The number of rotatable bonds is 6. The predicted octanol–water partition coefficient (Wildman–Crippen LogP) is 2.88. The molecule has 0 unspecified atom stereocenters. The Hall–Kier alpha value is -1.59. The van der Waals surface area contributed by atoms with E-state index in [0.717, 1.165) is 21.5 Å². The Morgan fingerprint density at radius 1 is 1.56 bits per heavy atom. The number of fused-ring (bicyclic) bond motifs is 1. The van der Waals surface area contributed by atoms with Crippen LogP contribution < -0.4 is 11.1 Å². The van der Waals surface area contributed by atoms with Gasteiger partial charge in [-0.15, -0.1) is 11.3 Å². The average Bonchev–Trinajstić information content (AvgIpc) is 2.80. The van der Waals surface area contributed by atoms with E-state index in [1.54, 1.807) is 16.8 Å². The molecule has 0 amide bonds. The Bertz CT molecular complexity index is 550. The van der Waals surface area contributed by atoms with Crippen LogP contribution in [0.25, 0.3) is 10.2 Å². The van der Waals surface area contributed by atoms with E-state index in [9.17, 15) is 0 Å². The van der Waals surface area contributed by atoms with Gasteiger partial charge in [-0.05, 0) is 19.1 Å². The summed E-state index contributed by atoms with van der Waals surface area (Å²) in [5.74, 6) is 0. The van der Waals surface area contributed by atoms with Gasteiger partial charge in [-0.2, -0.15) is 0 Å². The van der Waals surface area contributed by atoms with Crippen molar-refractivity contribution in [3.8, 4) is 0 Å². The molecule has 2 aromatic rings. The summed E-state index contributed by atoms with van der Waals surface area (Å²) in [6.07, 6.45) is 0. The van der Waals surface area contributed by atoms with E-state index in [1.807, 2.05) is 19.1 Å². The van der Waals surface area contributed by atoms with Crippen molar-refractivity contribution in [1.29, 1.82) is 0 Å². The molecular formula is C13H17N3OS. The second kappa shape index (κ2) is 5.84. The highest BCUT2D eigenvalue weighted by molar-refractivity contribution is 7.16. The van der Waals surface area contributed by atoms with E-state index in [1.165, 1.54) is 0 Å². The molecule has 1 heterocycles. The van der Waals surface area contributed by atoms with Crippen molar-refractivity contribution < 1.29 is 4.74 Å². The standard InChI is InChI=1S/C13H17N3OS/c1-9(2)7-17-6-5-15-10-3-4-11-13(12(10)14)16-8-18-11/h3-4,8,15H,1,5-7,14H2,2H3. The van der Waals surface area contributed by atoms with Gasteiger partial charge in [-0.25, -0.2) is 4.98 Å². The van der Waals surface area contributed by atoms with Gasteiger partial charge < -0.3 is 15.8 Å². The molecule has 0 aliphatic rings. The van der Waals surface area contributed by atoms with E-state index in [-0.39, 0.29) is 0 Å². The van der Waals surface area contributed by atoms with Crippen molar-refractivity contribution in [3.05, 3.63) is 29.8 Å². The number of nitrogen functional groups attached to an aromatic ring is 1. The maximum Gasteiger partial charge on any atom is 0.106 e. The molecule has 0 aliphatic heterocycles. The molecule has 0 bridgehead atoms. The first-order chi connectivity index (χ1) is 8.68. The highest BCUT2D eigenvalue weighted by Crippen LogP contribution is 2.29. The smallest absolute Gasteiger partial charge is 0.106 e. The zero-order valence-electron chi connectivity index (χ0n) is 10.4. The van der Waals surface area contributed by atoms with Crippen molar-refractivity contribution in [3.63, 3.8) is 0 Å². The van der Waals surface area contributed by atoms with Crippen LogP contribution in [-0.2, 0) is 4.74 Å². The second-order valence-electron chi connectivity index (χ2n) is 4.16. The molecule has 1 aromatic carbocycles. The van der Waals surface area contributed by atoms with Crippen LogP contribution in [0.2, 0.25) is 0 Å². The van der Waals surface area contributed by atoms with Crippen LogP contribution in [0.1, 0.15) is 6.92 Å². The first-order valence-corrected chi connectivity index (χ1v) is 6.64. The largest absolute Gasteiger partial charge is 0.395 e. The van der Waals surface area contributed by atoms with Gasteiger partial charge >= 0.3 is 0 Å². The summed E-state index contributed by atoms with van der Waals surface area (Å²) < 4.78 is 6.52. The predicted molar refractivity (Wildman–Crippen MR) is 78.2 cm³/mol. The average molecular weight is 263 g/mol. The lowest BCUT2D eigenvalue weighted by Gasteiger charge is -2.10. The Morgan fingerprint density at radius 2 is 2.39 bits per heavy atom. The third-order valence-electron chi connectivity index (χ3n) is 2.45. The fourth-order valence-electron chi connectivity index (χ4n) is 1.61. The lowest BCUT2D eigenvalue weighted by atomic mass is 10.2. The Labute approximate surface area is 110 Å². The van der Waals surface area contributed by atoms with E-state index in [4.69, 9.17) is 10.5 Å². The molecule has 0 fully saturated rings. The van der Waals surface area contributed by atoms with Crippen LogP contribution in [0, 0.1) is 0 Å². The summed E-state index contributed by atoms with van der Waals surface area (Å²) in [7, 11) is 0. The van der Waals surface area contributed by atoms with Gasteiger partial charge in [-0.3, -0.25) is 0 Å². The fraction of sp³-hybridized carbons (Fsp3) is 0.308. The van der Waals surface area contributed by atoms with Crippen LogP contribution in [0.4, 0.5) is 11.4 Å². The molecule has 0 radical (unpaired) electrons. The van der Waals surface area contributed by atoms with Crippen molar-refractivity contribution in [1.82, 2.24) is 4.98 Å². The third kappa shape index (κ3) is 3.00. The maximum absolute atomic E-state index is 6.05. The van der Waals surface area contributed by atoms with Crippen molar-refractivity contribution in [2.24, 2.45) is 0 Å². The summed E-state index contributed by atoms with van der Waals surface area (Å²) in [6, 6.07) is 4.01. The zero-order chi connectivity index (χ0) is 13.0. The zero-order valence-corrected chi connectivity index (χ0v) is 11.2. The quantitative estimate of drug-likeness (QED) is 0.478. The maximum atomic E-state index is 6.05. The SMILES string of the molecule is C=C(C)COCCNc1ccc2scnc2c1N. The lowest BCUT2D eigenvalue weighted by Crippen LogP contribution is -2.11. The number of ether oxygens (including phenoxy) is 1. The van der Waals surface area contributed by atoms with E-state index >= 15 is 0 Å². The molecule has 0 spiro atoms. The van der Waals surface area contributed by atoms with Gasteiger partial charge in [0, 0.05) is 6.54 Å². The molecule has 3 N–H and O–H groups in total. The van der Waals surface area contributed by atoms with E-state index < -0.39 is 0 Å². The minimum absolute atomic E-state index is 0.599. The molecule has 0 saturated carbocycles. The number of anilines is 2. The van der Waals surface area contributed by atoms with Gasteiger partial charge in [0.15, 0.2) is 0 Å². The van der Waals surface area contributed by atoms with Gasteiger partial charge in [0.1, 0.15) is 5.52 Å². The number of aromatic nitrogens is 1. The van der Waals surface area contributed by atoms with Gasteiger partial charge in [0.05, 0.1) is 34.8 Å². The highest BCUT2D eigenvalue weighted by Gasteiger charge is 2.05. The monoisotopic (exact) mass is 263 g/mol. The molecule has 2 rings (SSSR count). The first-order valence-electron chi connectivity index (χ1n) is 5.76. The summed E-state index contributed by atoms with van der Waals surface area (Å²) in [5.41, 5.74) is 11.4. The Balaban J connectivity index is 1.91. The van der Waals surface area contributed by atoms with E-state index in [2.05, 4.69) is 16.9 Å². The summed E-state index contributed by atoms with van der Waals surface area (Å²) in [5, 5.41) is 3.25.